The van der Waals surface area contributed by atoms with Gasteiger partial charge in [-0.15, -0.1) is 10.2 Å². The molecule has 0 aliphatic heterocycles. The lowest BCUT2D eigenvalue weighted by Gasteiger charge is -2.10. The van der Waals surface area contributed by atoms with Crippen LogP contribution in [0.5, 0.6) is 11.5 Å². The molecule has 172 valence electrons. The summed E-state index contributed by atoms with van der Waals surface area (Å²) in [6.45, 7) is 2.63. The van der Waals surface area contributed by atoms with Gasteiger partial charge in [-0.1, -0.05) is 53.7 Å². The molecule has 1 N–H and O–H groups in total. The van der Waals surface area contributed by atoms with Crippen LogP contribution >= 0.6 is 23.4 Å². The van der Waals surface area contributed by atoms with Crippen LogP contribution in [0.2, 0.25) is 0 Å². The highest BCUT2D eigenvalue weighted by atomic mass is 35.5. The molecule has 3 aromatic rings. The van der Waals surface area contributed by atoms with E-state index in [0.29, 0.717) is 34.1 Å². The van der Waals surface area contributed by atoms with Crippen LogP contribution in [0.3, 0.4) is 0 Å². The number of hydrazone groups is 1. The van der Waals surface area contributed by atoms with Crippen LogP contribution in [-0.4, -0.2) is 46.9 Å². The zero-order valence-electron chi connectivity index (χ0n) is 18.5. The molecule has 8 nitrogen and oxygen atoms in total. The summed E-state index contributed by atoms with van der Waals surface area (Å²) in [5.74, 6) is 1.76. The molecule has 0 aliphatic rings. The molecular weight excluding hydrogens is 462 g/mol. The second-order valence-electron chi connectivity index (χ2n) is 6.64. The summed E-state index contributed by atoms with van der Waals surface area (Å²) in [7, 11) is 3.17. The Bertz CT molecular complexity index is 1150. The Hall–Kier alpha value is -3.30. The average molecular weight is 486 g/mol. The Morgan fingerprint density at radius 1 is 1.15 bits per heavy atom. The fourth-order valence-electron chi connectivity index (χ4n) is 2.94. The topological polar surface area (TPSA) is 90.6 Å². The third-order valence-corrected chi connectivity index (χ3v) is 5.66. The summed E-state index contributed by atoms with van der Waals surface area (Å²) < 4.78 is 12.6. The van der Waals surface area contributed by atoms with Gasteiger partial charge in [0.05, 0.1) is 31.2 Å². The zero-order chi connectivity index (χ0) is 23.6. The first-order chi connectivity index (χ1) is 16.0. The van der Waals surface area contributed by atoms with Gasteiger partial charge in [-0.2, -0.15) is 5.10 Å². The molecule has 3 rings (SSSR count). The molecule has 0 radical (unpaired) electrons. The second kappa shape index (κ2) is 12.1. The Morgan fingerprint density at radius 2 is 1.91 bits per heavy atom. The largest absolute Gasteiger partial charge is 0.493 e. The van der Waals surface area contributed by atoms with E-state index in [-0.39, 0.29) is 11.7 Å². The molecule has 0 aliphatic carbocycles. The monoisotopic (exact) mass is 485 g/mol. The number of carbonyl (C=O) groups is 1. The zero-order valence-corrected chi connectivity index (χ0v) is 20.1. The number of aromatic nitrogens is 3. The molecule has 1 heterocycles. The van der Waals surface area contributed by atoms with Gasteiger partial charge in [0.1, 0.15) is 0 Å². The Morgan fingerprint density at radius 3 is 2.61 bits per heavy atom. The molecule has 10 heteroatoms. The highest BCUT2D eigenvalue weighted by Gasteiger charge is 2.16. The number of nitrogens with zero attached hydrogens (tertiary/aromatic N) is 4. The highest BCUT2D eigenvalue weighted by molar-refractivity contribution is 7.99. The first-order valence-electron chi connectivity index (χ1n) is 10.1. The summed E-state index contributed by atoms with van der Waals surface area (Å²) in [5.41, 5.74) is 4.25. The van der Waals surface area contributed by atoms with Crippen molar-refractivity contribution in [3.63, 3.8) is 0 Å². The van der Waals surface area contributed by atoms with Crippen molar-refractivity contribution in [1.82, 2.24) is 20.2 Å². The molecule has 0 spiro atoms. The minimum absolute atomic E-state index is 0.126. The fraction of sp³-hybridized carbons (Fsp3) is 0.217. The third-order valence-electron chi connectivity index (χ3n) is 4.49. The van der Waals surface area contributed by atoms with Gasteiger partial charge in [-0.3, -0.25) is 4.79 Å². The van der Waals surface area contributed by atoms with E-state index < -0.39 is 0 Å². The van der Waals surface area contributed by atoms with E-state index in [9.17, 15) is 4.79 Å². The molecule has 33 heavy (non-hydrogen) atoms. The Labute approximate surface area is 201 Å². The number of nitrogens with one attached hydrogen (secondary N) is 1. The first kappa shape index (κ1) is 24.3. The number of carbonyl (C=O) groups excluding carboxylic acids is 1. The van der Waals surface area contributed by atoms with Crippen molar-refractivity contribution in [3.8, 4) is 22.9 Å². The van der Waals surface area contributed by atoms with E-state index in [1.807, 2.05) is 60.0 Å². The number of methoxy groups -OCH3 is 2. The minimum Gasteiger partial charge on any atom is -0.493 e. The van der Waals surface area contributed by atoms with Crippen molar-refractivity contribution >= 4 is 41.6 Å². The van der Waals surface area contributed by atoms with E-state index in [0.717, 1.165) is 11.1 Å². The number of rotatable bonds is 10. The highest BCUT2D eigenvalue weighted by Crippen LogP contribution is 2.32. The van der Waals surface area contributed by atoms with Gasteiger partial charge < -0.3 is 14.0 Å². The number of ether oxygens (including phenoxy) is 2. The standard InChI is InChI=1S/C23H24ClN5O3S/c1-4-29-22(17-10-11-19(31-2)20(13-17)32-3)27-28-23(29)33-15-21(30)26-25-14-18(24)12-16-8-6-5-7-9-16/h5-14H,4,15H2,1-3H3,(H,26,30)/b18-12-,25-14+. The lowest BCUT2D eigenvalue weighted by molar-refractivity contribution is -0.118. The number of hydrogen-bond acceptors (Lipinski definition) is 7. The van der Waals surface area contributed by atoms with Crippen LogP contribution in [0.1, 0.15) is 12.5 Å². The van der Waals surface area contributed by atoms with Gasteiger partial charge in [0.15, 0.2) is 22.5 Å². The number of benzene rings is 2. The molecule has 0 unspecified atom stereocenters. The second-order valence-corrected chi connectivity index (χ2v) is 8.02. The number of allylic oxidation sites excluding steroid dienone is 1. The van der Waals surface area contributed by atoms with Crippen molar-refractivity contribution in [2.24, 2.45) is 5.10 Å². The van der Waals surface area contributed by atoms with Crippen LogP contribution in [0.25, 0.3) is 17.5 Å². The maximum Gasteiger partial charge on any atom is 0.250 e. The summed E-state index contributed by atoms with van der Waals surface area (Å²) in [4.78, 5) is 12.2. The maximum absolute atomic E-state index is 12.2. The van der Waals surface area contributed by atoms with Crippen molar-refractivity contribution in [2.45, 2.75) is 18.6 Å². The van der Waals surface area contributed by atoms with Crippen LogP contribution in [0.15, 0.2) is 63.8 Å². The van der Waals surface area contributed by atoms with Crippen molar-refractivity contribution in [2.75, 3.05) is 20.0 Å². The lowest BCUT2D eigenvalue weighted by atomic mass is 10.2. The SMILES string of the molecule is CCn1c(SCC(=O)N/N=C/C(Cl)=C/c2ccccc2)nnc1-c1ccc(OC)c(OC)c1. The van der Waals surface area contributed by atoms with Crippen molar-refractivity contribution < 1.29 is 14.3 Å². The van der Waals surface area contributed by atoms with E-state index in [4.69, 9.17) is 21.1 Å². The first-order valence-corrected chi connectivity index (χ1v) is 11.4. The Balaban J connectivity index is 1.61. The van der Waals surface area contributed by atoms with E-state index in [1.165, 1.54) is 18.0 Å². The molecule has 0 saturated carbocycles. The van der Waals surface area contributed by atoms with Crippen LogP contribution < -0.4 is 14.9 Å². The van der Waals surface area contributed by atoms with Gasteiger partial charge in [0, 0.05) is 12.1 Å². The molecule has 0 saturated heterocycles. The number of thioether (sulfide) groups is 1. The van der Waals surface area contributed by atoms with Gasteiger partial charge in [0.25, 0.3) is 5.91 Å². The molecular formula is C23H24ClN5O3S. The molecule has 2 aromatic carbocycles. The lowest BCUT2D eigenvalue weighted by Crippen LogP contribution is -2.19. The van der Waals surface area contributed by atoms with Crippen LogP contribution in [0.4, 0.5) is 0 Å². The summed E-state index contributed by atoms with van der Waals surface area (Å²) in [6, 6.07) is 15.1. The number of hydrogen-bond donors (Lipinski definition) is 1. The normalized spacial score (nSPS) is 11.6. The third kappa shape index (κ3) is 6.59. The van der Waals surface area contributed by atoms with Gasteiger partial charge >= 0.3 is 0 Å². The van der Waals surface area contributed by atoms with Crippen LogP contribution in [0, 0.1) is 0 Å². The van der Waals surface area contributed by atoms with Gasteiger partial charge in [-0.05, 0) is 36.8 Å². The molecule has 1 amide bonds. The van der Waals surface area contributed by atoms with Crippen molar-refractivity contribution in [1.29, 1.82) is 0 Å². The van der Waals surface area contributed by atoms with Crippen molar-refractivity contribution in [3.05, 3.63) is 59.1 Å². The predicted molar refractivity (Wildman–Crippen MR) is 132 cm³/mol. The number of halogens is 1. The molecule has 0 atom stereocenters. The van der Waals surface area contributed by atoms with Crippen LogP contribution in [-0.2, 0) is 11.3 Å². The smallest absolute Gasteiger partial charge is 0.250 e. The number of amides is 1. The summed E-state index contributed by atoms with van der Waals surface area (Å²) in [6.07, 6.45) is 3.15. The van der Waals surface area contributed by atoms with Gasteiger partial charge in [-0.25, -0.2) is 5.43 Å². The van der Waals surface area contributed by atoms with E-state index in [1.54, 1.807) is 20.3 Å². The molecule has 0 bridgehead atoms. The summed E-state index contributed by atoms with van der Waals surface area (Å²) in [5, 5.41) is 13.5. The Kier molecular flexibility index (Phi) is 8.91. The minimum atomic E-state index is -0.279. The summed E-state index contributed by atoms with van der Waals surface area (Å²) >= 11 is 7.40. The fourth-order valence-corrected chi connectivity index (χ4v) is 3.91. The predicted octanol–water partition coefficient (Wildman–Crippen LogP) is 4.46. The molecule has 1 aromatic heterocycles. The van der Waals surface area contributed by atoms with E-state index >= 15 is 0 Å². The van der Waals surface area contributed by atoms with E-state index in [2.05, 4.69) is 20.7 Å². The van der Waals surface area contributed by atoms with Gasteiger partial charge in [0.2, 0.25) is 0 Å². The maximum atomic E-state index is 12.2. The average Bonchev–Trinajstić information content (AvgIpc) is 3.25. The molecule has 0 fully saturated rings. The quantitative estimate of drug-likeness (QED) is 0.259.